The van der Waals surface area contributed by atoms with Crippen molar-refractivity contribution in [3.05, 3.63) is 34.3 Å². The first-order valence-electron chi connectivity index (χ1n) is 6.26. The molecule has 6 heteroatoms. The average Bonchev–Trinajstić information content (AvgIpc) is 2.43. The van der Waals surface area contributed by atoms with Gasteiger partial charge in [-0.25, -0.2) is 0 Å². The molecule has 0 unspecified atom stereocenters. The van der Waals surface area contributed by atoms with Crippen molar-refractivity contribution in [3.8, 4) is 0 Å². The smallest absolute Gasteiger partial charge is 0.252 e. The summed E-state index contributed by atoms with van der Waals surface area (Å²) < 4.78 is 0.680. The second-order valence-corrected chi connectivity index (χ2v) is 6.12. The third-order valence-electron chi connectivity index (χ3n) is 2.72. The fraction of sp³-hybridized carbons (Fsp3) is 0.429. The highest BCUT2D eigenvalue weighted by Crippen LogP contribution is 2.15. The Balaban J connectivity index is 2.42. The summed E-state index contributed by atoms with van der Waals surface area (Å²) in [6, 6.07) is 7.00. The van der Waals surface area contributed by atoms with E-state index < -0.39 is 0 Å². The number of benzene rings is 1. The van der Waals surface area contributed by atoms with Gasteiger partial charge in [0.1, 0.15) is 0 Å². The molecule has 0 aromatic heterocycles. The summed E-state index contributed by atoms with van der Waals surface area (Å²) in [4.78, 5) is 23.5. The lowest BCUT2D eigenvalue weighted by atomic mass is 9.95. The van der Waals surface area contributed by atoms with E-state index in [0.29, 0.717) is 16.6 Å². The lowest BCUT2D eigenvalue weighted by molar-refractivity contribution is -0.120. The molecule has 1 rings (SSSR count). The van der Waals surface area contributed by atoms with Gasteiger partial charge in [0, 0.05) is 23.0 Å². The third-order valence-corrected chi connectivity index (χ3v) is 3.41. The van der Waals surface area contributed by atoms with Gasteiger partial charge in [-0.3, -0.25) is 9.59 Å². The minimum absolute atomic E-state index is 0.0173. The molecule has 0 atom stereocenters. The van der Waals surface area contributed by atoms with Gasteiger partial charge >= 0.3 is 0 Å². The molecule has 3 N–H and O–H groups in total. The molecule has 0 radical (unpaired) electrons. The van der Waals surface area contributed by atoms with E-state index in [1.807, 2.05) is 19.9 Å². The number of rotatable bonds is 6. The molecule has 0 aliphatic heterocycles. The van der Waals surface area contributed by atoms with Crippen LogP contribution in [0.25, 0.3) is 0 Å². The van der Waals surface area contributed by atoms with E-state index in [-0.39, 0.29) is 30.4 Å². The lowest BCUT2D eigenvalue weighted by Gasteiger charge is -2.21. The second-order valence-electron chi connectivity index (χ2n) is 5.26. The molecule has 0 aliphatic rings. The molecule has 1 aromatic rings. The number of halogens is 1. The zero-order valence-electron chi connectivity index (χ0n) is 11.6. The molecule has 1 aromatic carbocycles. The van der Waals surface area contributed by atoms with Crippen LogP contribution >= 0.6 is 15.9 Å². The summed E-state index contributed by atoms with van der Waals surface area (Å²) in [5, 5.41) is 14.3. The van der Waals surface area contributed by atoms with Crippen molar-refractivity contribution in [1.82, 2.24) is 10.6 Å². The van der Waals surface area contributed by atoms with Crippen molar-refractivity contribution >= 4 is 27.7 Å². The molecular weight excluding hydrogens is 324 g/mol. The fourth-order valence-electron chi connectivity index (χ4n) is 1.36. The van der Waals surface area contributed by atoms with Gasteiger partial charge < -0.3 is 15.7 Å². The minimum atomic E-state index is -0.373. The maximum Gasteiger partial charge on any atom is 0.252 e. The standard InChI is InChI=1S/C14H19BrN2O3/c1-14(2,9-18)8-17-12(19)7-16-13(20)10-5-3-4-6-11(10)15/h3-6,18H,7-9H2,1-2H3,(H,16,20)(H,17,19). The number of carbonyl (C=O) groups is 2. The Morgan fingerprint density at radius 1 is 1.25 bits per heavy atom. The molecule has 110 valence electrons. The van der Waals surface area contributed by atoms with Crippen molar-refractivity contribution in [3.63, 3.8) is 0 Å². The van der Waals surface area contributed by atoms with E-state index in [1.54, 1.807) is 18.2 Å². The Labute approximate surface area is 126 Å². The Hall–Kier alpha value is -1.40. The van der Waals surface area contributed by atoms with E-state index in [1.165, 1.54) is 0 Å². The van der Waals surface area contributed by atoms with Gasteiger partial charge in [-0.15, -0.1) is 0 Å². The normalized spacial score (nSPS) is 11.0. The fourth-order valence-corrected chi connectivity index (χ4v) is 1.82. The Bertz CT molecular complexity index is 489. The van der Waals surface area contributed by atoms with Gasteiger partial charge in [-0.1, -0.05) is 26.0 Å². The highest BCUT2D eigenvalue weighted by atomic mass is 79.9. The van der Waals surface area contributed by atoms with Gasteiger partial charge in [0.2, 0.25) is 5.91 Å². The molecule has 5 nitrogen and oxygen atoms in total. The molecule has 0 fully saturated rings. The molecule has 0 aliphatic carbocycles. The van der Waals surface area contributed by atoms with Gasteiger partial charge in [-0.2, -0.15) is 0 Å². The summed E-state index contributed by atoms with van der Waals surface area (Å²) in [6.07, 6.45) is 0. The zero-order chi connectivity index (χ0) is 15.2. The largest absolute Gasteiger partial charge is 0.396 e. The minimum Gasteiger partial charge on any atom is -0.396 e. The van der Waals surface area contributed by atoms with Crippen molar-refractivity contribution in [2.75, 3.05) is 19.7 Å². The van der Waals surface area contributed by atoms with Crippen molar-refractivity contribution in [2.24, 2.45) is 5.41 Å². The second kappa shape index (κ2) is 7.40. The number of amides is 2. The zero-order valence-corrected chi connectivity index (χ0v) is 13.2. The number of aliphatic hydroxyl groups is 1. The Morgan fingerprint density at radius 2 is 1.90 bits per heavy atom. The first-order valence-corrected chi connectivity index (χ1v) is 7.05. The van der Waals surface area contributed by atoms with E-state index in [0.717, 1.165) is 0 Å². The number of hydrogen-bond acceptors (Lipinski definition) is 3. The van der Waals surface area contributed by atoms with Crippen molar-refractivity contribution < 1.29 is 14.7 Å². The average molecular weight is 343 g/mol. The molecule has 0 bridgehead atoms. The quantitative estimate of drug-likeness (QED) is 0.729. The van der Waals surface area contributed by atoms with Crippen molar-refractivity contribution in [1.29, 1.82) is 0 Å². The molecule has 0 spiro atoms. The topological polar surface area (TPSA) is 78.4 Å². The molecule has 0 heterocycles. The number of carbonyl (C=O) groups excluding carboxylic acids is 2. The van der Waals surface area contributed by atoms with Gasteiger partial charge in [0.15, 0.2) is 0 Å². The van der Waals surface area contributed by atoms with Crippen LogP contribution in [0.5, 0.6) is 0 Å². The summed E-state index contributed by atoms with van der Waals surface area (Å²) in [5.74, 6) is -0.596. The first kappa shape index (κ1) is 16.7. The predicted molar refractivity (Wildman–Crippen MR) is 80.4 cm³/mol. The Morgan fingerprint density at radius 3 is 2.50 bits per heavy atom. The van der Waals surface area contributed by atoms with Crippen LogP contribution in [-0.4, -0.2) is 36.6 Å². The van der Waals surface area contributed by atoms with Crippen molar-refractivity contribution in [2.45, 2.75) is 13.8 Å². The van der Waals surface area contributed by atoms with Crippen LogP contribution in [0.4, 0.5) is 0 Å². The summed E-state index contributed by atoms with van der Waals surface area (Å²) >= 11 is 3.28. The maximum absolute atomic E-state index is 11.9. The molecule has 20 heavy (non-hydrogen) atoms. The van der Waals surface area contributed by atoms with E-state index in [9.17, 15) is 9.59 Å². The number of nitrogens with one attached hydrogen (secondary N) is 2. The third kappa shape index (κ3) is 5.30. The first-order chi connectivity index (χ1) is 9.35. The van der Waals surface area contributed by atoms with E-state index >= 15 is 0 Å². The predicted octanol–water partition coefficient (Wildman–Crippen LogP) is 1.31. The molecule has 0 saturated heterocycles. The highest BCUT2D eigenvalue weighted by molar-refractivity contribution is 9.10. The van der Waals surface area contributed by atoms with Crippen LogP contribution in [0.2, 0.25) is 0 Å². The van der Waals surface area contributed by atoms with E-state index in [2.05, 4.69) is 26.6 Å². The van der Waals surface area contributed by atoms with Crippen LogP contribution in [-0.2, 0) is 4.79 Å². The number of aliphatic hydroxyl groups excluding tert-OH is 1. The summed E-state index contributed by atoms with van der Waals surface area (Å²) in [7, 11) is 0. The molecule has 0 saturated carbocycles. The number of hydrogen-bond donors (Lipinski definition) is 3. The van der Waals surface area contributed by atoms with Crippen LogP contribution < -0.4 is 10.6 Å². The van der Waals surface area contributed by atoms with Gasteiger partial charge in [-0.05, 0) is 28.1 Å². The summed E-state index contributed by atoms with van der Waals surface area (Å²) in [6.45, 7) is 3.92. The van der Waals surface area contributed by atoms with Crippen LogP contribution in [0.15, 0.2) is 28.7 Å². The summed E-state index contributed by atoms with van der Waals surface area (Å²) in [5.41, 5.74) is 0.110. The van der Waals surface area contributed by atoms with E-state index in [4.69, 9.17) is 5.11 Å². The molecule has 2 amide bonds. The van der Waals surface area contributed by atoms with Crippen LogP contribution in [0.3, 0.4) is 0 Å². The van der Waals surface area contributed by atoms with Crippen LogP contribution in [0, 0.1) is 5.41 Å². The SMILES string of the molecule is CC(C)(CO)CNC(=O)CNC(=O)c1ccccc1Br. The molecular formula is C14H19BrN2O3. The maximum atomic E-state index is 11.9. The van der Waals surface area contributed by atoms with Crippen LogP contribution in [0.1, 0.15) is 24.2 Å². The lowest BCUT2D eigenvalue weighted by Crippen LogP contribution is -2.41. The van der Waals surface area contributed by atoms with Gasteiger partial charge in [0.25, 0.3) is 5.91 Å². The highest BCUT2D eigenvalue weighted by Gasteiger charge is 2.17. The monoisotopic (exact) mass is 342 g/mol. The Kier molecular flexibility index (Phi) is 6.16. The van der Waals surface area contributed by atoms with Gasteiger partial charge in [0.05, 0.1) is 12.1 Å².